The molecule has 23 heavy (non-hydrogen) atoms. The minimum absolute atomic E-state index is 0.172. The number of nitrogens with one attached hydrogen (secondary N) is 1. The Balaban J connectivity index is 2.64. The number of ether oxygens (including phenoxy) is 3. The highest BCUT2D eigenvalue weighted by Crippen LogP contribution is 2.08. The SMILES string of the molecule is COCCOCC(=O)N[C@@H](Cc1cccc(C#N)c1)C(=O)OC. The smallest absolute Gasteiger partial charge is 0.328 e. The van der Waals surface area contributed by atoms with Gasteiger partial charge in [0.05, 0.1) is 32.0 Å². The lowest BCUT2D eigenvalue weighted by molar-refractivity contribution is -0.145. The lowest BCUT2D eigenvalue weighted by Gasteiger charge is -2.16. The van der Waals surface area contributed by atoms with E-state index >= 15 is 0 Å². The Bertz CT molecular complexity index is 568. The normalized spacial score (nSPS) is 11.3. The van der Waals surface area contributed by atoms with E-state index in [4.69, 9.17) is 19.5 Å². The van der Waals surface area contributed by atoms with Crippen molar-refractivity contribution >= 4 is 11.9 Å². The summed E-state index contributed by atoms with van der Waals surface area (Å²) in [4.78, 5) is 23.6. The highest BCUT2D eigenvalue weighted by molar-refractivity contribution is 5.85. The van der Waals surface area contributed by atoms with Crippen LogP contribution in [0.25, 0.3) is 0 Å². The molecule has 1 aromatic rings. The zero-order valence-corrected chi connectivity index (χ0v) is 13.2. The van der Waals surface area contributed by atoms with Crippen LogP contribution < -0.4 is 5.32 Å². The van der Waals surface area contributed by atoms with E-state index in [9.17, 15) is 9.59 Å². The van der Waals surface area contributed by atoms with Gasteiger partial charge in [0.25, 0.3) is 0 Å². The van der Waals surface area contributed by atoms with Gasteiger partial charge in [-0.05, 0) is 17.7 Å². The van der Waals surface area contributed by atoms with E-state index in [0.29, 0.717) is 12.2 Å². The van der Waals surface area contributed by atoms with Crippen LogP contribution in [-0.4, -0.2) is 52.0 Å². The number of carbonyl (C=O) groups excluding carboxylic acids is 2. The molecule has 0 aliphatic carbocycles. The summed E-state index contributed by atoms with van der Waals surface area (Å²) in [5.74, 6) is -0.981. The van der Waals surface area contributed by atoms with Crippen LogP contribution in [0.2, 0.25) is 0 Å². The van der Waals surface area contributed by atoms with Crippen molar-refractivity contribution < 1.29 is 23.8 Å². The summed E-state index contributed by atoms with van der Waals surface area (Å²) in [5.41, 5.74) is 1.24. The second kappa shape index (κ2) is 10.3. The number of nitrogens with zero attached hydrogens (tertiary/aromatic N) is 1. The summed E-state index contributed by atoms with van der Waals surface area (Å²) in [7, 11) is 2.79. The quantitative estimate of drug-likeness (QED) is 0.523. The summed E-state index contributed by atoms with van der Waals surface area (Å²) in [6.07, 6.45) is 0.228. The Morgan fingerprint density at radius 3 is 2.74 bits per heavy atom. The van der Waals surface area contributed by atoms with Crippen LogP contribution in [0.1, 0.15) is 11.1 Å². The molecule has 124 valence electrons. The molecule has 0 bridgehead atoms. The number of nitriles is 1. The number of rotatable bonds is 9. The standard InChI is InChI=1S/C16H20N2O5/c1-21-6-7-23-11-15(19)18-14(16(20)22-2)9-12-4-3-5-13(8-12)10-17/h3-5,8,14H,6-7,9,11H2,1-2H3,(H,18,19)/t14-/m0/s1. The summed E-state index contributed by atoms with van der Waals surface area (Å²) in [6.45, 7) is 0.501. The van der Waals surface area contributed by atoms with Crippen molar-refractivity contribution in [3.05, 3.63) is 35.4 Å². The van der Waals surface area contributed by atoms with Crippen LogP contribution >= 0.6 is 0 Å². The molecule has 1 rings (SSSR count). The highest BCUT2D eigenvalue weighted by atomic mass is 16.5. The van der Waals surface area contributed by atoms with Crippen LogP contribution in [0.3, 0.4) is 0 Å². The Kier molecular flexibility index (Phi) is 8.36. The maximum atomic E-state index is 11.8. The molecule has 0 saturated carbocycles. The molecule has 0 aliphatic rings. The van der Waals surface area contributed by atoms with E-state index in [-0.39, 0.29) is 19.6 Å². The zero-order chi connectivity index (χ0) is 17.1. The van der Waals surface area contributed by atoms with Crippen LogP contribution in [0.5, 0.6) is 0 Å². The van der Waals surface area contributed by atoms with Crippen molar-refractivity contribution in [2.75, 3.05) is 34.0 Å². The van der Waals surface area contributed by atoms with Gasteiger partial charge in [-0.1, -0.05) is 12.1 Å². The number of esters is 1. The fourth-order valence-electron chi connectivity index (χ4n) is 1.88. The monoisotopic (exact) mass is 320 g/mol. The Morgan fingerprint density at radius 2 is 2.09 bits per heavy atom. The fourth-order valence-corrected chi connectivity index (χ4v) is 1.88. The molecule has 0 aromatic heterocycles. The van der Waals surface area contributed by atoms with Crippen LogP contribution in [0.4, 0.5) is 0 Å². The lowest BCUT2D eigenvalue weighted by atomic mass is 10.0. The third-order valence-corrected chi connectivity index (χ3v) is 2.98. The van der Waals surface area contributed by atoms with Crippen LogP contribution in [0, 0.1) is 11.3 Å². The molecule has 0 heterocycles. The van der Waals surface area contributed by atoms with Gasteiger partial charge in [0.2, 0.25) is 5.91 Å². The molecule has 0 fully saturated rings. The molecular weight excluding hydrogens is 300 g/mol. The number of hydrogen-bond donors (Lipinski definition) is 1. The number of carbonyl (C=O) groups is 2. The minimum atomic E-state index is -0.840. The molecule has 0 aliphatic heterocycles. The van der Waals surface area contributed by atoms with Crippen LogP contribution in [0.15, 0.2) is 24.3 Å². The van der Waals surface area contributed by atoms with E-state index in [1.165, 1.54) is 14.2 Å². The summed E-state index contributed by atoms with van der Waals surface area (Å²) in [6, 6.07) is 8.01. The van der Waals surface area contributed by atoms with Gasteiger partial charge in [0, 0.05) is 13.5 Å². The second-order valence-corrected chi connectivity index (χ2v) is 4.70. The summed E-state index contributed by atoms with van der Waals surface area (Å²) < 4.78 is 14.6. The topological polar surface area (TPSA) is 97.6 Å². The molecule has 7 heteroatoms. The molecular formula is C16H20N2O5. The third-order valence-electron chi connectivity index (χ3n) is 2.98. The number of methoxy groups -OCH3 is 2. The Labute approximate surface area is 135 Å². The van der Waals surface area contributed by atoms with E-state index in [0.717, 1.165) is 5.56 Å². The number of benzene rings is 1. The largest absolute Gasteiger partial charge is 0.467 e. The highest BCUT2D eigenvalue weighted by Gasteiger charge is 2.22. The first-order valence-electron chi connectivity index (χ1n) is 7.03. The van der Waals surface area contributed by atoms with Gasteiger partial charge in [0.1, 0.15) is 12.6 Å². The van der Waals surface area contributed by atoms with E-state index < -0.39 is 17.9 Å². The molecule has 1 amide bonds. The van der Waals surface area contributed by atoms with Gasteiger partial charge >= 0.3 is 5.97 Å². The molecule has 0 radical (unpaired) electrons. The molecule has 1 atom stereocenters. The van der Waals surface area contributed by atoms with E-state index in [1.807, 2.05) is 6.07 Å². The van der Waals surface area contributed by atoms with Crippen molar-refractivity contribution in [1.29, 1.82) is 5.26 Å². The van der Waals surface area contributed by atoms with E-state index in [2.05, 4.69) is 5.32 Å². The van der Waals surface area contributed by atoms with Gasteiger partial charge in [-0.2, -0.15) is 5.26 Å². The van der Waals surface area contributed by atoms with Gasteiger partial charge in [-0.3, -0.25) is 4.79 Å². The second-order valence-electron chi connectivity index (χ2n) is 4.70. The van der Waals surface area contributed by atoms with Gasteiger partial charge in [-0.25, -0.2) is 4.79 Å². The van der Waals surface area contributed by atoms with E-state index in [1.54, 1.807) is 24.3 Å². The molecule has 0 unspecified atom stereocenters. The summed E-state index contributed by atoms with van der Waals surface area (Å²) >= 11 is 0. The molecule has 0 saturated heterocycles. The van der Waals surface area contributed by atoms with Crippen molar-refractivity contribution in [3.63, 3.8) is 0 Å². The minimum Gasteiger partial charge on any atom is -0.467 e. The maximum absolute atomic E-state index is 11.8. The van der Waals surface area contributed by atoms with Crippen molar-refractivity contribution in [2.45, 2.75) is 12.5 Å². The maximum Gasteiger partial charge on any atom is 0.328 e. The molecule has 1 aromatic carbocycles. The molecule has 1 N–H and O–H groups in total. The van der Waals surface area contributed by atoms with Crippen molar-refractivity contribution in [1.82, 2.24) is 5.32 Å². The predicted octanol–water partition coefficient (Wildman–Crippen LogP) is 0.422. The average molecular weight is 320 g/mol. The lowest BCUT2D eigenvalue weighted by Crippen LogP contribution is -2.44. The van der Waals surface area contributed by atoms with Gasteiger partial charge < -0.3 is 19.5 Å². The van der Waals surface area contributed by atoms with Gasteiger partial charge in [-0.15, -0.1) is 0 Å². The first-order chi connectivity index (χ1) is 11.1. The Morgan fingerprint density at radius 1 is 1.30 bits per heavy atom. The first-order valence-corrected chi connectivity index (χ1v) is 7.03. The van der Waals surface area contributed by atoms with Crippen molar-refractivity contribution in [3.8, 4) is 6.07 Å². The van der Waals surface area contributed by atoms with Crippen molar-refractivity contribution in [2.24, 2.45) is 0 Å². The Hall–Kier alpha value is -2.43. The molecule has 7 nitrogen and oxygen atoms in total. The van der Waals surface area contributed by atoms with Gasteiger partial charge in [0.15, 0.2) is 0 Å². The number of amides is 1. The molecule has 0 spiro atoms. The predicted molar refractivity (Wildman–Crippen MR) is 81.5 cm³/mol. The third kappa shape index (κ3) is 6.91. The number of hydrogen-bond acceptors (Lipinski definition) is 6. The van der Waals surface area contributed by atoms with Crippen LogP contribution in [-0.2, 0) is 30.2 Å². The average Bonchev–Trinajstić information content (AvgIpc) is 2.57. The zero-order valence-electron chi connectivity index (χ0n) is 13.2. The summed E-state index contributed by atoms with van der Waals surface area (Å²) in [5, 5.41) is 11.5. The fraction of sp³-hybridized carbons (Fsp3) is 0.438. The first kappa shape index (κ1) is 18.6.